The number of anilines is 2. The van der Waals surface area contributed by atoms with Gasteiger partial charge in [0.25, 0.3) is 0 Å². The van der Waals surface area contributed by atoms with E-state index < -0.39 is 0 Å². The molecule has 4 aromatic carbocycles. The fraction of sp³-hybridized carbons (Fsp3) is 0.107. The van der Waals surface area contributed by atoms with Crippen LogP contribution in [0.1, 0.15) is 19.4 Å². The smallest absolute Gasteiger partial charge is 0.136 e. The Kier molecular flexibility index (Phi) is 3.23. The van der Waals surface area contributed by atoms with Crippen molar-refractivity contribution in [1.29, 1.82) is 5.26 Å². The molecule has 1 aliphatic heterocycles. The van der Waals surface area contributed by atoms with Crippen molar-refractivity contribution in [3.8, 4) is 11.8 Å². The predicted octanol–water partition coefficient (Wildman–Crippen LogP) is 7.41. The predicted molar refractivity (Wildman–Crippen MR) is 130 cm³/mol. The highest BCUT2D eigenvalue weighted by Crippen LogP contribution is 2.48. The highest BCUT2D eigenvalue weighted by molar-refractivity contribution is 6.20. The molecule has 0 saturated carbocycles. The van der Waals surface area contributed by atoms with Crippen LogP contribution in [0.4, 0.5) is 11.4 Å². The fourth-order valence-electron chi connectivity index (χ4n) is 5.37. The van der Waals surface area contributed by atoms with Gasteiger partial charge in [-0.1, -0.05) is 30.3 Å². The molecule has 2 aromatic heterocycles. The number of aromatic nitrogens is 1. The van der Waals surface area contributed by atoms with Crippen LogP contribution in [0.15, 0.2) is 77.2 Å². The van der Waals surface area contributed by atoms with Crippen LogP contribution in [0, 0.1) is 11.3 Å². The minimum atomic E-state index is 0.277. The third kappa shape index (κ3) is 2.05. The van der Waals surface area contributed by atoms with Crippen molar-refractivity contribution in [2.75, 3.05) is 4.90 Å². The molecule has 4 heteroatoms. The van der Waals surface area contributed by atoms with Crippen LogP contribution in [0.5, 0.6) is 0 Å². The lowest BCUT2D eigenvalue weighted by Gasteiger charge is -2.36. The van der Waals surface area contributed by atoms with Crippen molar-refractivity contribution < 1.29 is 4.42 Å². The molecular formula is C28H19N3O. The number of rotatable bonds is 1. The first-order valence-corrected chi connectivity index (χ1v) is 10.9. The van der Waals surface area contributed by atoms with Gasteiger partial charge in [-0.05, 0) is 56.3 Å². The lowest BCUT2D eigenvalue weighted by atomic mass is 10.1. The molecule has 152 valence electrons. The number of nitriles is 1. The summed E-state index contributed by atoms with van der Waals surface area (Å²) in [6, 6.07) is 27.7. The summed E-state index contributed by atoms with van der Waals surface area (Å²) in [5.41, 5.74) is 8.12. The van der Waals surface area contributed by atoms with Crippen molar-refractivity contribution in [1.82, 2.24) is 4.57 Å². The van der Waals surface area contributed by atoms with Crippen molar-refractivity contribution in [2.45, 2.75) is 19.9 Å². The Morgan fingerprint density at radius 2 is 1.59 bits per heavy atom. The quantitative estimate of drug-likeness (QED) is 0.282. The minimum Gasteiger partial charge on any atom is -0.456 e. The average molecular weight is 413 g/mol. The van der Waals surface area contributed by atoms with E-state index in [0.717, 1.165) is 44.2 Å². The number of nitrogens with zero attached hydrogens (tertiary/aromatic N) is 3. The molecule has 0 fully saturated rings. The minimum absolute atomic E-state index is 0.277. The summed E-state index contributed by atoms with van der Waals surface area (Å²) < 4.78 is 8.53. The van der Waals surface area contributed by atoms with E-state index in [1.54, 1.807) is 0 Å². The Morgan fingerprint density at radius 3 is 2.44 bits per heavy atom. The van der Waals surface area contributed by atoms with Gasteiger partial charge in [-0.15, -0.1) is 0 Å². The summed E-state index contributed by atoms with van der Waals surface area (Å²) in [5, 5.41) is 14.2. The maximum atomic E-state index is 9.61. The van der Waals surface area contributed by atoms with Gasteiger partial charge >= 0.3 is 0 Å². The van der Waals surface area contributed by atoms with Gasteiger partial charge in [0.1, 0.15) is 11.2 Å². The Balaban J connectivity index is 1.72. The molecule has 0 atom stereocenters. The Bertz CT molecular complexity index is 1780. The van der Waals surface area contributed by atoms with E-state index in [1.165, 1.54) is 16.6 Å². The fourth-order valence-corrected chi connectivity index (χ4v) is 5.37. The van der Waals surface area contributed by atoms with Crippen molar-refractivity contribution in [3.05, 3.63) is 78.4 Å². The van der Waals surface area contributed by atoms with Gasteiger partial charge in [-0.2, -0.15) is 5.26 Å². The lowest BCUT2D eigenvalue weighted by molar-refractivity contribution is 0.669. The molecule has 0 spiro atoms. The topological polar surface area (TPSA) is 45.1 Å². The number of furan rings is 1. The second kappa shape index (κ2) is 5.93. The molecular weight excluding hydrogens is 394 g/mol. The molecule has 32 heavy (non-hydrogen) atoms. The number of para-hydroxylation sites is 2. The van der Waals surface area contributed by atoms with Gasteiger partial charge in [0.05, 0.1) is 39.7 Å². The molecule has 0 amide bonds. The summed E-state index contributed by atoms with van der Waals surface area (Å²) in [5.74, 6) is 0. The molecule has 0 bridgehead atoms. The van der Waals surface area contributed by atoms with Gasteiger partial charge < -0.3 is 13.9 Å². The van der Waals surface area contributed by atoms with Crippen molar-refractivity contribution >= 4 is 55.1 Å². The lowest BCUT2D eigenvalue weighted by Crippen LogP contribution is -2.29. The summed E-state index contributed by atoms with van der Waals surface area (Å²) in [4.78, 5) is 2.37. The van der Waals surface area contributed by atoms with Crippen LogP contribution >= 0.6 is 0 Å². The number of hydrogen-bond acceptors (Lipinski definition) is 3. The molecule has 0 aliphatic carbocycles. The van der Waals surface area contributed by atoms with Gasteiger partial charge in [0, 0.05) is 27.6 Å². The highest BCUT2D eigenvalue weighted by atomic mass is 16.3. The van der Waals surface area contributed by atoms with Gasteiger partial charge in [0.2, 0.25) is 0 Å². The summed E-state index contributed by atoms with van der Waals surface area (Å²) in [6.45, 7) is 4.41. The zero-order valence-electron chi connectivity index (χ0n) is 17.8. The van der Waals surface area contributed by atoms with E-state index in [1.807, 2.05) is 30.3 Å². The first-order chi connectivity index (χ1) is 15.7. The standard InChI is InChI=1S/C28H19N3O/c1-16(2)30-22-11-10-17(15-29)12-25(22)31-24-13-21-18-6-3-4-9-26(18)32-27(21)14-20(24)19-7-5-8-23(30)28(19)31/h3-14,16H,1-2H3. The van der Waals surface area contributed by atoms with Crippen molar-refractivity contribution in [3.63, 3.8) is 0 Å². The molecule has 7 rings (SSSR count). The molecule has 0 saturated heterocycles. The van der Waals surface area contributed by atoms with Crippen LogP contribution in [0.2, 0.25) is 0 Å². The number of fused-ring (bicyclic) bond motifs is 8. The van der Waals surface area contributed by atoms with Gasteiger partial charge in [-0.3, -0.25) is 0 Å². The first kappa shape index (κ1) is 17.5. The molecule has 0 radical (unpaired) electrons. The Labute approximate surface area is 184 Å². The van der Waals surface area contributed by atoms with E-state index in [0.29, 0.717) is 5.56 Å². The third-order valence-corrected chi connectivity index (χ3v) is 6.65. The largest absolute Gasteiger partial charge is 0.456 e. The SMILES string of the molecule is CC(C)N1c2ccc(C#N)cc2-n2c3cc4c(cc3c3cccc1c32)oc1ccccc14. The summed E-state index contributed by atoms with van der Waals surface area (Å²) >= 11 is 0. The third-order valence-electron chi connectivity index (χ3n) is 6.65. The van der Waals surface area contributed by atoms with Crippen LogP contribution in [0.25, 0.3) is 49.4 Å². The zero-order chi connectivity index (χ0) is 21.6. The molecule has 3 heterocycles. The molecule has 0 unspecified atom stereocenters. The van der Waals surface area contributed by atoms with Crippen LogP contribution in [0.3, 0.4) is 0 Å². The zero-order valence-corrected chi connectivity index (χ0v) is 17.8. The number of benzene rings is 4. The molecule has 6 aromatic rings. The maximum Gasteiger partial charge on any atom is 0.136 e. The van der Waals surface area contributed by atoms with E-state index in [9.17, 15) is 5.26 Å². The van der Waals surface area contributed by atoms with Crippen LogP contribution in [-0.2, 0) is 0 Å². The summed E-state index contributed by atoms with van der Waals surface area (Å²) in [6.07, 6.45) is 0. The normalized spacial score (nSPS) is 12.9. The Hall–Kier alpha value is -4.23. The average Bonchev–Trinajstić information content (AvgIpc) is 3.34. The van der Waals surface area contributed by atoms with Crippen LogP contribution in [-0.4, -0.2) is 10.6 Å². The van der Waals surface area contributed by atoms with Crippen LogP contribution < -0.4 is 4.90 Å². The van der Waals surface area contributed by atoms with E-state index in [4.69, 9.17) is 4.42 Å². The van der Waals surface area contributed by atoms with E-state index in [-0.39, 0.29) is 6.04 Å². The van der Waals surface area contributed by atoms with E-state index in [2.05, 4.69) is 71.8 Å². The van der Waals surface area contributed by atoms with E-state index >= 15 is 0 Å². The molecule has 0 N–H and O–H groups in total. The van der Waals surface area contributed by atoms with Gasteiger partial charge in [-0.25, -0.2) is 0 Å². The summed E-state index contributed by atoms with van der Waals surface area (Å²) in [7, 11) is 0. The molecule has 4 nitrogen and oxygen atoms in total. The maximum absolute atomic E-state index is 9.61. The molecule has 1 aliphatic rings. The second-order valence-electron chi connectivity index (χ2n) is 8.75. The van der Waals surface area contributed by atoms with Crippen molar-refractivity contribution in [2.24, 2.45) is 0 Å². The number of hydrogen-bond donors (Lipinski definition) is 0. The first-order valence-electron chi connectivity index (χ1n) is 10.9. The monoisotopic (exact) mass is 413 g/mol. The highest BCUT2D eigenvalue weighted by Gasteiger charge is 2.29. The van der Waals surface area contributed by atoms with Gasteiger partial charge in [0.15, 0.2) is 0 Å². The Morgan fingerprint density at radius 1 is 0.750 bits per heavy atom. The second-order valence-corrected chi connectivity index (χ2v) is 8.75.